The van der Waals surface area contributed by atoms with E-state index in [1.54, 1.807) is 12.1 Å². The number of carbonyl (C=O) groups excluding carboxylic acids is 1. The molecule has 1 aromatic carbocycles. The van der Waals surface area contributed by atoms with Gasteiger partial charge >= 0.3 is 0 Å². The summed E-state index contributed by atoms with van der Waals surface area (Å²) in [6.45, 7) is 4.37. The molecule has 0 radical (unpaired) electrons. The number of nitrogens with zero attached hydrogens (tertiary/aromatic N) is 1. The van der Waals surface area contributed by atoms with Gasteiger partial charge in [-0.05, 0) is 46.6 Å². The molecule has 0 fully saturated rings. The fraction of sp³-hybridized carbons (Fsp3) is 0.188. The highest BCUT2D eigenvalue weighted by molar-refractivity contribution is 9.11. The lowest BCUT2D eigenvalue weighted by molar-refractivity contribution is 0.0923. The number of carbonyl (C=O) groups is 1. The van der Waals surface area contributed by atoms with Crippen molar-refractivity contribution < 1.29 is 4.79 Å². The van der Waals surface area contributed by atoms with Crippen LogP contribution in [0.2, 0.25) is 10.0 Å². The van der Waals surface area contributed by atoms with Gasteiger partial charge in [-0.2, -0.15) is 0 Å². The summed E-state index contributed by atoms with van der Waals surface area (Å²) in [7, 11) is 0. The smallest absolute Gasteiger partial charge is 0.180 e. The Morgan fingerprint density at radius 3 is 2.82 bits per heavy atom. The van der Waals surface area contributed by atoms with Gasteiger partial charge in [0, 0.05) is 18.2 Å². The van der Waals surface area contributed by atoms with Crippen molar-refractivity contribution in [1.82, 2.24) is 0 Å². The van der Waals surface area contributed by atoms with Gasteiger partial charge < -0.3 is 4.90 Å². The number of benzene rings is 1. The van der Waals surface area contributed by atoms with E-state index in [1.165, 1.54) is 11.3 Å². The first-order chi connectivity index (χ1) is 10.5. The van der Waals surface area contributed by atoms with Gasteiger partial charge in [0.2, 0.25) is 0 Å². The van der Waals surface area contributed by atoms with E-state index >= 15 is 0 Å². The molecule has 114 valence electrons. The van der Waals surface area contributed by atoms with Crippen molar-refractivity contribution in [2.75, 3.05) is 11.4 Å². The Morgan fingerprint density at radius 1 is 1.36 bits per heavy atom. The number of ketones is 1. The van der Waals surface area contributed by atoms with Gasteiger partial charge in [0.1, 0.15) is 0 Å². The van der Waals surface area contributed by atoms with Crippen LogP contribution in [0.5, 0.6) is 0 Å². The predicted molar refractivity (Wildman–Crippen MR) is 98.1 cm³/mol. The molecule has 1 atom stereocenters. The zero-order chi connectivity index (χ0) is 15.9. The molecule has 1 unspecified atom stereocenters. The standard InChI is InChI=1S/C16H12BrCl2NOS/c1-2-3-9-8-20(10-4-5-11(18)12(19)6-10)13-7-14(17)22-16(13)15(9)21/h2,4-7,9H,1,3,8H2. The molecule has 6 heteroatoms. The zero-order valence-electron chi connectivity index (χ0n) is 11.5. The molecule has 1 aliphatic rings. The first kappa shape index (κ1) is 16.1. The van der Waals surface area contributed by atoms with Crippen LogP contribution in [0.4, 0.5) is 11.4 Å². The van der Waals surface area contributed by atoms with Crippen LogP contribution < -0.4 is 4.90 Å². The van der Waals surface area contributed by atoms with Gasteiger partial charge in [-0.3, -0.25) is 4.79 Å². The number of Topliss-reactive ketones (excluding diaryl/α,β-unsaturated/α-hetero) is 1. The molecule has 0 N–H and O–H groups in total. The molecule has 0 saturated heterocycles. The van der Waals surface area contributed by atoms with Crippen LogP contribution in [-0.2, 0) is 0 Å². The minimum atomic E-state index is -0.0926. The second kappa shape index (κ2) is 6.36. The maximum Gasteiger partial charge on any atom is 0.180 e. The molecule has 0 saturated carbocycles. The first-order valence-electron chi connectivity index (χ1n) is 6.68. The number of hydrogen-bond acceptors (Lipinski definition) is 3. The van der Waals surface area contributed by atoms with E-state index in [0.29, 0.717) is 23.0 Å². The van der Waals surface area contributed by atoms with E-state index in [2.05, 4.69) is 27.4 Å². The molecule has 1 aliphatic heterocycles. The highest BCUT2D eigenvalue weighted by Crippen LogP contribution is 2.43. The van der Waals surface area contributed by atoms with Crippen LogP contribution in [0.3, 0.4) is 0 Å². The van der Waals surface area contributed by atoms with Crippen molar-refractivity contribution in [3.63, 3.8) is 0 Å². The molecule has 3 rings (SSSR count). The molecular weight excluding hydrogens is 405 g/mol. The van der Waals surface area contributed by atoms with Gasteiger partial charge in [0.25, 0.3) is 0 Å². The van der Waals surface area contributed by atoms with Gasteiger partial charge in [-0.25, -0.2) is 0 Å². The summed E-state index contributed by atoms with van der Waals surface area (Å²) in [6.07, 6.45) is 2.45. The molecule has 1 aromatic heterocycles. The monoisotopic (exact) mass is 415 g/mol. The lowest BCUT2D eigenvalue weighted by atomic mass is 9.93. The van der Waals surface area contributed by atoms with E-state index in [0.717, 1.165) is 20.0 Å². The first-order valence-corrected chi connectivity index (χ1v) is 9.05. The maximum atomic E-state index is 12.6. The van der Waals surface area contributed by atoms with E-state index in [-0.39, 0.29) is 11.7 Å². The Labute approximate surface area is 151 Å². The fourth-order valence-electron chi connectivity index (χ4n) is 2.60. The van der Waals surface area contributed by atoms with Crippen LogP contribution in [0, 0.1) is 5.92 Å². The van der Waals surface area contributed by atoms with E-state index in [9.17, 15) is 4.79 Å². The van der Waals surface area contributed by atoms with Crippen LogP contribution in [0.1, 0.15) is 16.1 Å². The highest BCUT2D eigenvalue weighted by Gasteiger charge is 2.34. The van der Waals surface area contributed by atoms with Gasteiger partial charge in [0.05, 0.1) is 24.4 Å². The predicted octanol–water partition coefficient (Wildman–Crippen LogP) is 6.34. The quantitative estimate of drug-likeness (QED) is 0.543. The molecule has 22 heavy (non-hydrogen) atoms. The lowest BCUT2D eigenvalue weighted by Crippen LogP contribution is -2.35. The average Bonchev–Trinajstić information content (AvgIpc) is 2.87. The second-order valence-electron chi connectivity index (χ2n) is 5.06. The normalized spacial score (nSPS) is 17.5. The molecule has 0 amide bonds. The molecule has 0 bridgehead atoms. The van der Waals surface area contributed by atoms with Crippen molar-refractivity contribution in [3.05, 3.63) is 55.6 Å². The van der Waals surface area contributed by atoms with E-state index < -0.39 is 0 Å². The second-order valence-corrected chi connectivity index (χ2v) is 8.31. The molecule has 2 aromatic rings. The fourth-order valence-corrected chi connectivity index (χ4v) is 4.50. The number of fused-ring (bicyclic) bond motifs is 1. The number of hydrogen-bond donors (Lipinski definition) is 0. The third-order valence-electron chi connectivity index (χ3n) is 3.64. The minimum Gasteiger partial charge on any atom is -0.339 e. The van der Waals surface area contributed by atoms with Crippen molar-refractivity contribution in [1.29, 1.82) is 0 Å². The van der Waals surface area contributed by atoms with Crippen LogP contribution in [-0.4, -0.2) is 12.3 Å². The van der Waals surface area contributed by atoms with E-state index in [1.807, 2.05) is 18.2 Å². The van der Waals surface area contributed by atoms with Crippen LogP contribution in [0.15, 0.2) is 40.7 Å². The topological polar surface area (TPSA) is 20.3 Å². The Morgan fingerprint density at radius 2 is 2.14 bits per heavy atom. The Hall–Kier alpha value is -0.810. The number of anilines is 2. The maximum absolute atomic E-state index is 12.6. The summed E-state index contributed by atoms with van der Waals surface area (Å²) in [5.41, 5.74) is 1.85. The summed E-state index contributed by atoms with van der Waals surface area (Å²) in [5.74, 6) is 0.0897. The SMILES string of the molecule is C=CCC1CN(c2ccc(Cl)c(Cl)c2)c2cc(Br)sc2C1=O. The van der Waals surface area contributed by atoms with Gasteiger partial charge in [-0.15, -0.1) is 17.9 Å². The lowest BCUT2D eigenvalue weighted by Gasteiger charge is -2.33. The third-order valence-corrected chi connectivity index (χ3v) is 6.02. The number of thiophene rings is 1. The molecule has 2 heterocycles. The summed E-state index contributed by atoms with van der Waals surface area (Å²) < 4.78 is 0.940. The molecular formula is C16H12BrCl2NOS. The van der Waals surface area contributed by atoms with Gasteiger partial charge in [-0.1, -0.05) is 29.3 Å². The van der Waals surface area contributed by atoms with E-state index in [4.69, 9.17) is 23.2 Å². The largest absolute Gasteiger partial charge is 0.339 e. The summed E-state index contributed by atoms with van der Waals surface area (Å²) >= 11 is 17.1. The van der Waals surface area contributed by atoms with Crippen molar-refractivity contribution in [2.45, 2.75) is 6.42 Å². The molecule has 2 nitrogen and oxygen atoms in total. The average molecular weight is 417 g/mol. The number of halogens is 3. The summed E-state index contributed by atoms with van der Waals surface area (Å²) in [5, 5.41) is 1.03. The number of allylic oxidation sites excluding steroid dienone is 1. The summed E-state index contributed by atoms with van der Waals surface area (Å²) in [6, 6.07) is 7.51. The third kappa shape index (κ3) is 2.85. The van der Waals surface area contributed by atoms with Crippen LogP contribution >= 0.6 is 50.5 Å². The van der Waals surface area contributed by atoms with Crippen molar-refractivity contribution in [3.8, 4) is 0 Å². The molecule has 0 aliphatic carbocycles. The van der Waals surface area contributed by atoms with Gasteiger partial charge in [0.15, 0.2) is 5.78 Å². The van der Waals surface area contributed by atoms with Crippen molar-refractivity contribution in [2.24, 2.45) is 5.92 Å². The Balaban J connectivity index is 2.09. The summed E-state index contributed by atoms with van der Waals surface area (Å²) in [4.78, 5) is 15.5. The Bertz CT molecular complexity index is 759. The number of rotatable bonds is 3. The van der Waals surface area contributed by atoms with Crippen LogP contribution in [0.25, 0.3) is 0 Å². The minimum absolute atomic E-state index is 0.0926. The van der Waals surface area contributed by atoms with Crippen molar-refractivity contribution >= 4 is 67.6 Å². The zero-order valence-corrected chi connectivity index (χ0v) is 15.4. The molecule has 0 spiro atoms. The highest BCUT2D eigenvalue weighted by atomic mass is 79.9. The Kier molecular flexibility index (Phi) is 4.64.